The van der Waals surface area contributed by atoms with Crippen LogP contribution in [0.25, 0.3) is 0 Å². The molecule has 0 spiro atoms. The number of amides is 3. The van der Waals surface area contributed by atoms with Crippen LogP contribution in [0.2, 0.25) is 0 Å². The third kappa shape index (κ3) is 3.60. The van der Waals surface area contributed by atoms with Crippen LogP contribution in [0, 0.1) is 5.92 Å². The van der Waals surface area contributed by atoms with E-state index in [0.717, 1.165) is 24.1 Å². The molecule has 0 aromatic heterocycles. The van der Waals surface area contributed by atoms with Gasteiger partial charge in [-0.2, -0.15) is 0 Å². The standard InChI is InChI=1S/C21H23N3O4/c1-13(2)20(25)24-9-3-4-14-5-6-15(10-17(14)24)22-21(26)23-16-7-8-18-19(11-16)28-12-27-18/h5-8,10-11,13H,3-4,9,12H2,1-2H3,(H2,22,23,26). The predicted octanol–water partition coefficient (Wildman–Crippen LogP) is 3.99. The first-order valence-corrected chi connectivity index (χ1v) is 9.43. The van der Waals surface area contributed by atoms with Crippen LogP contribution in [0.4, 0.5) is 21.9 Å². The van der Waals surface area contributed by atoms with Gasteiger partial charge < -0.3 is 25.0 Å². The number of ether oxygens (including phenoxy) is 2. The van der Waals surface area contributed by atoms with Crippen LogP contribution in [0.3, 0.4) is 0 Å². The summed E-state index contributed by atoms with van der Waals surface area (Å²) >= 11 is 0. The van der Waals surface area contributed by atoms with Gasteiger partial charge in [-0.25, -0.2) is 4.79 Å². The van der Waals surface area contributed by atoms with E-state index >= 15 is 0 Å². The van der Waals surface area contributed by atoms with E-state index in [1.54, 1.807) is 18.2 Å². The molecule has 3 amide bonds. The molecule has 2 heterocycles. The molecule has 7 nitrogen and oxygen atoms in total. The Labute approximate surface area is 163 Å². The van der Waals surface area contributed by atoms with Crippen molar-refractivity contribution < 1.29 is 19.1 Å². The zero-order valence-electron chi connectivity index (χ0n) is 16.0. The fraction of sp³-hybridized carbons (Fsp3) is 0.333. The number of hydrogen-bond acceptors (Lipinski definition) is 4. The van der Waals surface area contributed by atoms with Gasteiger partial charge in [-0.1, -0.05) is 19.9 Å². The van der Waals surface area contributed by atoms with Crippen molar-refractivity contribution in [2.24, 2.45) is 5.92 Å². The molecule has 0 fully saturated rings. The quantitative estimate of drug-likeness (QED) is 0.842. The molecule has 0 radical (unpaired) electrons. The SMILES string of the molecule is CC(C)C(=O)N1CCCc2ccc(NC(=O)Nc3ccc4c(c3)OCO4)cc21. The molecule has 2 aliphatic heterocycles. The average molecular weight is 381 g/mol. The van der Waals surface area contributed by atoms with Gasteiger partial charge >= 0.3 is 6.03 Å². The maximum atomic E-state index is 12.5. The number of rotatable bonds is 3. The molecule has 146 valence electrons. The Hall–Kier alpha value is -3.22. The molecule has 7 heteroatoms. The predicted molar refractivity (Wildman–Crippen MR) is 107 cm³/mol. The molecule has 0 unspecified atom stereocenters. The molecule has 2 aliphatic rings. The van der Waals surface area contributed by atoms with E-state index in [2.05, 4.69) is 10.6 Å². The van der Waals surface area contributed by atoms with Crippen LogP contribution < -0.4 is 25.0 Å². The van der Waals surface area contributed by atoms with Crippen LogP contribution >= 0.6 is 0 Å². The normalized spacial score (nSPS) is 14.6. The van der Waals surface area contributed by atoms with Gasteiger partial charge in [-0.05, 0) is 42.7 Å². The van der Waals surface area contributed by atoms with Crippen molar-refractivity contribution in [2.75, 3.05) is 28.9 Å². The van der Waals surface area contributed by atoms with E-state index in [-0.39, 0.29) is 24.6 Å². The lowest BCUT2D eigenvalue weighted by atomic mass is 9.99. The Morgan fingerprint density at radius 2 is 1.71 bits per heavy atom. The molecular formula is C21H23N3O4. The number of anilines is 3. The number of fused-ring (bicyclic) bond motifs is 2. The molecule has 4 rings (SSSR count). The van der Waals surface area contributed by atoms with E-state index in [1.165, 1.54) is 0 Å². The van der Waals surface area contributed by atoms with E-state index in [0.29, 0.717) is 29.4 Å². The monoisotopic (exact) mass is 381 g/mol. The number of urea groups is 1. The van der Waals surface area contributed by atoms with E-state index in [4.69, 9.17) is 9.47 Å². The first kappa shape index (κ1) is 18.2. The summed E-state index contributed by atoms with van der Waals surface area (Å²) in [5.74, 6) is 1.30. The Kier molecular flexibility index (Phi) is 4.81. The lowest BCUT2D eigenvalue weighted by Crippen LogP contribution is -2.38. The second-order valence-electron chi connectivity index (χ2n) is 7.24. The highest BCUT2D eigenvalue weighted by Crippen LogP contribution is 2.34. The van der Waals surface area contributed by atoms with Gasteiger partial charge in [0.05, 0.1) is 0 Å². The smallest absolute Gasteiger partial charge is 0.323 e. The lowest BCUT2D eigenvalue weighted by molar-refractivity contribution is -0.121. The molecule has 0 bridgehead atoms. The summed E-state index contributed by atoms with van der Waals surface area (Å²) in [7, 11) is 0. The maximum absolute atomic E-state index is 12.5. The number of hydrogen-bond donors (Lipinski definition) is 2. The van der Waals surface area contributed by atoms with Gasteiger partial charge in [0.1, 0.15) is 0 Å². The summed E-state index contributed by atoms with van der Waals surface area (Å²) in [5, 5.41) is 5.62. The van der Waals surface area contributed by atoms with Gasteiger partial charge in [0, 0.05) is 35.6 Å². The fourth-order valence-electron chi connectivity index (χ4n) is 3.46. The zero-order chi connectivity index (χ0) is 19.7. The second-order valence-corrected chi connectivity index (χ2v) is 7.24. The Bertz CT molecular complexity index is 926. The largest absolute Gasteiger partial charge is 0.454 e. The lowest BCUT2D eigenvalue weighted by Gasteiger charge is -2.31. The number of aryl methyl sites for hydroxylation is 1. The van der Waals surface area contributed by atoms with Crippen molar-refractivity contribution in [3.05, 3.63) is 42.0 Å². The Morgan fingerprint density at radius 1 is 1.00 bits per heavy atom. The van der Waals surface area contributed by atoms with Crippen molar-refractivity contribution in [3.8, 4) is 11.5 Å². The van der Waals surface area contributed by atoms with Gasteiger partial charge in [-0.15, -0.1) is 0 Å². The summed E-state index contributed by atoms with van der Waals surface area (Å²) in [4.78, 5) is 26.8. The van der Waals surface area contributed by atoms with Crippen molar-refractivity contribution >= 4 is 29.0 Å². The summed E-state index contributed by atoms with van der Waals surface area (Å²) < 4.78 is 10.6. The van der Waals surface area contributed by atoms with Gasteiger partial charge in [0.25, 0.3) is 0 Å². The van der Waals surface area contributed by atoms with Crippen LogP contribution in [0.5, 0.6) is 11.5 Å². The van der Waals surface area contributed by atoms with Crippen LogP contribution in [-0.2, 0) is 11.2 Å². The molecule has 28 heavy (non-hydrogen) atoms. The summed E-state index contributed by atoms with van der Waals surface area (Å²) in [6.45, 7) is 4.69. The van der Waals surface area contributed by atoms with E-state index < -0.39 is 0 Å². The molecule has 0 aliphatic carbocycles. The topological polar surface area (TPSA) is 79.9 Å². The highest BCUT2D eigenvalue weighted by molar-refractivity contribution is 6.01. The highest BCUT2D eigenvalue weighted by Gasteiger charge is 2.24. The van der Waals surface area contributed by atoms with Gasteiger partial charge in [0.15, 0.2) is 11.5 Å². The van der Waals surface area contributed by atoms with Crippen molar-refractivity contribution in [2.45, 2.75) is 26.7 Å². The minimum atomic E-state index is -0.364. The zero-order valence-corrected chi connectivity index (χ0v) is 16.0. The fourth-order valence-corrected chi connectivity index (χ4v) is 3.46. The number of nitrogens with one attached hydrogen (secondary N) is 2. The minimum absolute atomic E-state index is 0.0723. The second kappa shape index (κ2) is 7.42. The van der Waals surface area contributed by atoms with Gasteiger partial charge in [-0.3, -0.25) is 4.79 Å². The van der Waals surface area contributed by atoms with Crippen LogP contribution in [0.15, 0.2) is 36.4 Å². The van der Waals surface area contributed by atoms with E-state index in [1.807, 2.05) is 36.9 Å². The van der Waals surface area contributed by atoms with Crippen LogP contribution in [-0.4, -0.2) is 25.3 Å². The summed E-state index contributed by atoms with van der Waals surface area (Å²) in [6, 6.07) is 10.6. The highest BCUT2D eigenvalue weighted by atomic mass is 16.7. The first-order valence-electron chi connectivity index (χ1n) is 9.43. The van der Waals surface area contributed by atoms with Crippen molar-refractivity contribution in [1.29, 1.82) is 0 Å². The first-order chi connectivity index (χ1) is 13.5. The summed E-state index contributed by atoms with van der Waals surface area (Å²) in [5.41, 5.74) is 3.25. The van der Waals surface area contributed by atoms with Crippen molar-refractivity contribution in [1.82, 2.24) is 0 Å². The van der Waals surface area contributed by atoms with E-state index in [9.17, 15) is 9.59 Å². The maximum Gasteiger partial charge on any atom is 0.323 e. The van der Waals surface area contributed by atoms with Crippen LogP contribution in [0.1, 0.15) is 25.8 Å². The number of benzene rings is 2. The molecule has 0 saturated carbocycles. The molecular weight excluding hydrogens is 358 g/mol. The molecule has 0 atom stereocenters. The average Bonchev–Trinajstić information content (AvgIpc) is 3.14. The van der Waals surface area contributed by atoms with Crippen molar-refractivity contribution in [3.63, 3.8) is 0 Å². The third-order valence-electron chi connectivity index (χ3n) is 4.85. The number of carbonyl (C=O) groups excluding carboxylic acids is 2. The molecule has 2 aromatic rings. The van der Waals surface area contributed by atoms with Gasteiger partial charge in [0.2, 0.25) is 12.7 Å². The Morgan fingerprint density at radius 3 is 2.50 bits per heavy atom. The molecule has 2 N–H and O–H groups in total. The third-order valence-corrected chi connectivity index (χ3v) is 4.85. The number of nitrogens with zero attached hydrogens (tertiary/aromatic N) is 1. The molecule has 0 saturated heterocycles. The number of carbonyl (C=O) groups is 2. The minimum Gasteiger partial charge on any atom is -0.454 e. The Balaban J connectivity index is 1.48. The molecule has 2 aromatic carbocycles. The summed E-state index contributed by atoms with van der Waals surface area (Å²) in [6.07, 6.45) is 1.88.